The van der Waals surface area contributed by atoms with E-state index in [2.05, 4.69) is 15.9 Å². The Balaban J connectivity index is 2.58. The van der Waals surface area contributed by atoms with Gasteiger partial charge in [0.1, 0.15) is 4.90 Å². The molecule has 0 radical (unpaired) electrons. The van der Waals surface area contributed by atoms with E-state index >= 15 is 0 Å². The number of aromatic carboxylic acids is 1. The maximum atomic E-state index is 14.0. The monoisotopic (exact) mass is 351 g/mol. The number of halogens is 2. The molecule has 1 aromatic rings. The quantitative estimate of drug-likeness (QED) is 0.900. The van der Waals surface area contributed by atoms with Gasteiger partial charge in [0.15, 0.2) is 5.82 Å². The van der Waals surface area contributed by atoms with Crippen LogP contribution in [0.5, 0.6) is 0 Å². The number of nitrogens with zero attached hydrogens (tertiary/aromatic N) is 1. The molecule has 0 saturated heterocycles. The zero-order valence-electron chi connectivity index (χ0n) is 9.93. The maximum Gasteiger partial charge on any atom is 0.338 e. The van der Waals surface area contributed by atoms with Crippen molar-refractivity contribution in [3.05, 3.63) is 28.0 Å². The fourth-order valence-electron chi connectivity index (χ4n) is 1.70. The Morgan fingerprint density at radius 3 is 2.53 bits per heavy atom. The highest BCUT2D eigenvalue weighted by molar-refractivity contribution is 9.10. The highest BCUT2D eigenvalue weighted by Gasteiger charge is 2.37. The summed E-state index contributed by atoms with van der Waals surface area (Å²) in [7, 11) is -2.65. The number of rotatable bonds is 4. The highest BCUT2D eigenvalue weighted by Crippen LogP contribution is 2.33. The van der Waals surface area contributed by atoms with E-state index in [-0.39, 0.29) is 10.5 Å². The third-order valence-electron chi connectivity index (χ3n) is 2.95. The molecule has 0 bridgehead atoms. The van der Waals surface area contributed by atoms with E-state index in [0.29, 0.717) is 0 Å². The van der Waals surface area contributed by atoms with E-state index < -0.39 is 32.3 Å². The van der Waals surface area contributed by atoms with Crippen LogP contribution in [0.4, 0.5) is 4.39 Å². The lowest BCUT2D eigenvalue weighted by Crippen LogP contribution is -2.30. The molecule has 19 heavy (non-hydrogen) atoms. The Kier molecular flexibility index (Phi) is 3.67. The summed E-state index contributed by atoms with van der Waals surface area (Å²) in [5, 5.41) is 8.87. The zero-order valence-corrected chi connectivity index (χ0v) is 12.3. The highest BCUT2D eigenvalue weighted by atomic mass is 79.9. The molecule has 0 amide bonds. The lowest BCUT2D eigenvalue weighted by Gasteiger charge is -2.17. The van der Waals surface area contributed by atoms with Gasteiger partial charge in [-0.25, -0.2) is 17.6 Å². The first kappa shape index (κ1) is 14.4. The molecule has 0 aliphatic heterocycles. The van der Waals surface area contributed by atoms with Gasteiger partial charge in [0.25, 0.3) is 0 Å². The normalized spacial score (nSPS) is 15.8. The van der Waals surface area contributed by atoms with Gasteiger partial charge in [-0.3, -0.25) is 0 Å². The standard InChI is InChI=1S/C11H11BrFNO4S/c1-14(7-2-3-7)19(17,18)9-5-6(12)4-8(10(9)13)11(15)16/h4-5,7H,2-3H2,1H3,(H,15,16). The Hall–Kier alpha value is -0.990. The Morgan fingerprint density at radius 2 is 2.05 bits per heavy atom. The molecule has 2 rings (SSSR count). The number of sulfonamides is 1. The molecule has 0 aromatic heterocycles. The van der Waals surface area contributed by atoms with Crippen molar-refractivity contribution in [1.82, 2.24) is 4.31 Å². The third kappa shape index (κ3) is 2.65. The summed E-state index contributed by atoms with van der Waals surface area (Å²) < 4.78 is 39.8. The molecule has 1 saturated carbocycles. The van der Waals surface area contributed by atoms with Gasteiger partial charge in [-0.15, -0.1) is 0 Å². The van der Waals surface area contributed by atoms with Gasteiger partial charge in [0, 0.05) is 17.6 Å². The molecule has 0 unspecified atom stereocenters. The molecule has 1 aromatic carbocycles. The minimum absolute atomic E-state index is 0.128. The van der Waals surface area contributed by atoms with Crippen LogP contribution in [-0.4, -0.2) is 36.9 Å². The summed E-state index contributed by atoms with van der Waals surface area (Å²) in [6.45, 7) is 0. The van der Waals surface area contributed by atoms with Crippen LogP contribution in [0.2, 0.25) is 0 Å². The number of carbonyl (C=O) groups is 1. The van der Waals surface area contributed by atoms with Crippen molar-refractivity contribution in [2.45, 2.75) is 23.8 Å². The molecule has 1 aliphatic rings. The number of hydrogen-bond acceptors (Lipinski definition) is 3. The first-order valence-corrected chi connectivity index (χ1v) is 7.69. The van der Waals surface area contributed by atoms with Crippen molar-refractivity contribution in [3.63, 3.8) is 0 Å². The molecule has 0 spiro atoms. The van der Waals surface area contributed by atoms with E-state index in [0.717, 1.165) is 29.3 Å². The molecular weight excluding hydrogens is 341 g/mol. The second-order valence-electron chi connectivity index (χ2n) is 4.32. The minimum atomic E-state index is -4.02. The molecular formula is C11H11BrFNO4S. The van der Waals surface area contributed by atoms with Gasteiger partial charge < -0.3 is 5.11 Å². The maximum absolute atomic E-state index is 14.0. The van der Waals surface area contributed by atoms with E-state index in [4.69, 9.17) is 5.11 Å². The lowest BCUT2D eigenvalue weighted by atomic mass is 10.2. The van der Waals surface area contributed by atoms with E-state index in [1.54, 1.807) is 0 Å². The van der Waals surface area contributed by atoms with Crippen molar-refractivity contribution < 1.29 is 22.7 Å². The van der Waals surface area contributed by atoms with Gasteiger partial charge in [-0.1, -0.05) is 15.9 Å². The first-order chi connectivity index (χ1) is 8.75. The zero-order chi connectivity index (χ0) is 14.4. The third-order valence-corrected chi connectivity index (χ3v) is 5.32. The Labute approximate surface area is 118 Å². The molecule has 1 N–H and O–H groups in total. The SMILES string of the molecule is CN(C1CC1)S(=O)(=O)c1cc(Br)cc(C(=O)O)c1F. The number of carboxylic acid groups (broad SMARTS) is 1. The average molecular weight is 352 g/mol. The summed E-state index contributed by atoms with van der Waals surface area (Å²) in [6, 6.07) is 1.99. The van der Waals surface area contributed by atoms with Crippen LogP contribution in [0.25, 0.3) is 0 Å². The molecule has 8 heteroatoms. The number of benzene rings is 1. The summed E-state index contributed by atoms with van der Waals surface area (Å²) in [5.41, 5.74) is -0.669. The van der Waals surface area contributed by atoms with Crippen LogP contribution in [0.15, 0.2) is 21.5 Å². The van der Waals surface area contributed by atoms with Crippen LogP contribution >= 0.6 is 15.9 Å². The van der Waals surface area contributed by atoms with E-state index in [1.165, 1.54) is 7.05 Å². The van der Waals surface area contributed by atoms with Crippen LogP contribution < -0.4 is 0 Å². The summed E-state index contributed by atoms with van der Waals surface area (Å²) in [6.07, 6.45) is 1.47. The van der Waals surface area contributed by atoms with E-state index in [1.807, 2.05) is 0 Å². The predicted molar refractivity (Wildman–Crippen MR) is 69.0 cm³/mol. The molecule has 1 aliphatic carbocycles. The second kappa shape index (κ2) is 4.84. The average Bonchev–Trinajstić information content (AvgIpc) is 3.14. The van der Waals surface area contributed by atoms with Gasteiger partial charge in [0.2, 0.25) is 10.0 Å². The fourth-order valence-corrected chi connectivity index (χ4v) is 3.83. The van der Waals surface area contributed by atoms with Gasteiger partial charge in [-0.2, -0.15) is 4.31 Å². The van der Waals surface area contributed by atoms with Crippen molar-refractivity contribution >= 4 is 31.9 Å². The molecule has 1 fully saturated rings. The van der Waals surface area contributed by atoms with E-state index in [9.17, 15) is 17.6 Å². The van der Waals surface area contributed by atoms with Crippen molar-refractivity contribution in [1.29, 1.82) is 0 Å². The molecule has 5 nitrogen and oxygen atoms in total. The number of carboxylic acids is 1. The summed E-state index contributed by atoms with van der Waals surface area (Å²) >= 11 is 3.00. The van der Waals surface area contributed by atoms with Gasteiger partial charge in [-0.05, 0) is 25.0 Å². The fraction of sp³-hybridized carbons (Fsp3) is 0.364. The van der Waals surface area contributed by atoms with Crippen LogP contribution in [0.3, 0.4) is 0 Å². The Morgan fingerprint density at radius 1 is 1.47 bits per heavy atom. The number of hydrogen-bond donors (Lipinski definition) is 1. The largest absolute Gasteiger partial charge is 0.478 e. The first-order valence-electron chi connectivity index (χ1n) is 5.45. The summed E-state index contributed by atoms with van der Waals surface area (Å²) in [4.78, 5) is 10.3. The lowest BCUT2D eigenvalue weighted by molar-refractivity contribution is 0.0691. The predicted octanol–water partition coefficient (Wildman–Crippen LogP) is 2.07. The van der Waals surface area contributed by atoms with Crippen molar-refractivity contribution in [2.75, 3.05) is 7.05 Å². The van der Waals surface area contributed by atoms with Crippen LogP contribution in [0.1, 0.15) is 23.2 Å². The topological polar surface area (TPSA) is 74.7 Å². The molecule has 0 heterocycles. The van der Waals surface area contributed by atoms with Crippen LogP contribution in [0, 0.1) is 5.82 Å². The summed E-state index contributed by atoms with van der Waals surface area (Å²) in [5.74, 6) is -2.74. The van der Waals surface area contributed by atoms with Crippen molar-refractivity contribution in [3.8, 4) is 0 Å². The van der Waals surface area contributed by atoms with Crippen LogP contribution in [-0.2, 0) is 10.0 Å². The van der Waals surface area contributed by atoms with Gasteiger partial charge >= 0.3 is 5.97 Å². The van der Waals surface area contributed by atoms with Crippen molar-refractivity contribution in [2.24, 2.45) is 0 Å². The molecule has 104 valence electrons. The smallest absolute Gasteiger partial charge is 0.338 e. The Bertz CT molecular complexity index is 642. The van der Waals surface area contributed by atoms with Gasteiger partial charge in [0.05, 0.1) is 5.56 Å². The molecule has 0 atom stereocenters. The minimum Gasteiger partial charge on any atom is -0.478 e. The second-order valence-corrected chi connectivity index (χ2v) is 7.20.